The second kappa shape index (κ2) is 6.83. The number of aryl methyl sites for hydroxylation is 2. The first-order chi connectivity index (χ1) is 9.97. The maximum absolute atomic E-state index is 12.0. The highest BCUT2D eigenvalue weighted by Gasteiger charge is 2.41. The van der Waals surface area contributed by atoms with Crippen LogP contribution in [0.1, 0.15) is 44.7 Å². The second-order valence-electron chi connectivity index (χ2n) is 5.96. The van der Waals surface area contributed by atoms with Crippen molar-refractivity contribution >= 4 is 17.7 Å². The van der Waals surface area contributed by atoms with Gasteiger partial charge in [-0.05, 0) is 51.6 Å². The monoisotopic (exact) mass is 310 g/mol. The van der Waals surface area contributed by atoms with E-state index in [1.54, 1.807) is 0 Å². The molecule has 0 saturated heterocycles. The predicted molar refractivity (Wildman–Crippen MR) is 86.3 cm³/mol. The SMILES string of the molecule is CCCNC1(C(N)=O)CCCC(Sc2cc(C)nn2C)C1. The number of nitrogens with two attached hydrogens (primary N) is 1. The number of rotatable bonds is 6. The van der Waals surface area contributed by atoms with Crippen molar-refractivity contribution in [3.8, 4) is 0 Å². The van der Waals surface area contributed by atoms with Crippen molar-refractivity contribution < 1.29 is 4.79 Å². The molecular formula is C15H26N4OS. The summed E-state index contributed by atoms with van der Waals surface area (Å²) in [5.74, 6) is -0.206. The van der Waals surface area contributed by atoms with Gasteiger partial charge in [0.05, 0.1) is 16.3 Å². The second-order valence-corrected chi connectivity index (χ2v) is 7.28. The molecule has 1 fully saturated rings. The van der Waals surface area contributed by atoms with E-state index in [9.17, 15) is 4.79 Å². The minimum absolute atomic E-state index is 0.206. The summed E-state index contributed by atoms with van der Waals surface area (Å²) in [5.41, 5.74) is 6.20. The van der Waals surface area contributed by atoms with Gasteiger partial charge in [0.1, 0.15) is 0 Å². The van der Waals surface area contributed by atoms with E-state index in [1.165, 1.54) is 0 Å². The summed E-state index contributed by atoms with van der Waals surface area (Å²) in [6.45, 7) is 4.95. The van der Waals surface area contributed by atoms with E-state index in [2.05, 4.69) is 23.4 Å². The molecule has 2 unspecified atom stereocenters. The first-order valence-electron chi connectivity index (χ1n) is 7.69. The minimum Gasteiger partial charge on any atom is -0.368 e. The van der Waals surface area contributed by atoms with Crippen LogP contribution in [-0.4, -0.2) is 33.0 Å². The number of carbonyl (C=O) groups excluding carboxylic acids is 1. The number of primary amides is 1. The zero-order chi connectivity index (χ0) is 15.5. The quantitative estimate of drug-likeness (QED) is 0.843. The molecule has 2 rings (SSSR count). The van der Waals surface area contributed by atoms with Gasteiger partial charge >= 0.3 is 0 Å². The van der Waals surface area contributed by atoms with E-state index in [4.69, 9.17) is 5.73 Å². The van der Waals surface area contributed by atoms with Crippen LogP contribution in [0.15, 0.2) is 11.1 Å². The zero-order valence-electron chi connectivity index (χ0n) is 13.2. The van der Waals surface area contributed by atoms with Gasteiger partial charge in [0.15, 0.2) is 0 Å². The molecule has 5 nitrogen and oxygen atoms in total. The Labute approximate surface area is 131 Å². The largest absolute Gasteiger partial charge is 0.368 e. The lowest BCUT2D eigenvalue weighted by Gasteiger charge is -2.39. The molecule has 1 amide bonds. The number of amides is 1. The number of hydrogen-bond donors (Lipinski definition) is 2. The summed E-state index contributed by atoms with van der Waals surface area (Å²) in [7, 11) is 1.97. The molecular weight excluding hydrogens is 284 g/mol. The van der Waals surface area contributed by atoms with E-state index < -0.39 is 5.54 Å². The predicted octanol–water partition coefficient (Wildman–Crippen LogP) is 1.99. The van der Waals surface area contributed by atoms with Gasteiger partial charge in [-0.15, -0.1) is 11.8 Å². The normalized spacial score (nSPS) is 26.0. The molecule has 1 aromatic heterocycles. The molecule has 21 heavy (non-hydrogen) atoms. The maximum atomic E-state index is 12.0. The average molecular weight is 310 g/mol. The summed E-state index contributed by atoms with van der Waals surface area (Å²) in [6.07, 6.45) is 4.82. The third kappa shape index (κ3) is 3.80. The van der Waals surface area contributed by atoms with Crippen LogP contribution in [-0.2, 0) is 11.8 Å². The van der Waals surface area contributed by atoms with Gasteiger partial charge in [0.25, 0.3) is 0 Å². The summed E-state index contributed by atoms with van der Waals surface area (Å²) in [6, 6.07) is 2.10. The highest BCUT2D eigenvalue weighted by Crippen LogP contribution is 2.38. The molecule has 2 atom stereocenters. The fourth-order valence-corrected chi connectivity index (χ4v) is 4.45. The lowest BCUT2D eigenvalue weighted by Crippen LogP contribution is -2.58. The number of nitrogens with zero attached hydrogens (tertiary/aromatic N) is 2. The Kier molecular flexibility index (Phi) is 5.32. The summed E-state index contributed by atoms with van der Waals surface area (Å²) < 4.78 is 1.92. The van der Waals surface area contributed by atoms with Crippen molar-refractivity contribution in [1.29, 1.82) is 0 Å². The molecule has 0 aromatic carbocycles. The Balaban J connectivity index is 2.08. The molecule has 3 N–H and O–H groups in total. The Morgan fingerprint density at radius 2 is 2.43 bits per heavy atom. The van der Waals surface area contributed by atoms with Gasteiger partial charge in [0, 0.05) is 12.3 Å². The van der Waals surface area contributed by atoms with Crippen LogP contribution < -0.4 is 11.1 Å². The van der Waals surface area contributed by atoms with E-state index in [-0.39, 0.29) is 5.91 Å². The topological polar surface area (TPSA) is 72.9 Å². The molecule has 1 saturated carbocycles. The lowest BCUT2D eigenvalue weighted by molar-refractivity contribution is -0.125. The minimum atomic E-state index is -0.528. The molecule has 118 valence electrons. The van der Waals surface area contributed by atoms with Crippen LogP contribution in [0, 0.1) is 6.92 Å². The Hall–Kier alpha value is -1.01. The highest BCUT2D eigenvalue weighted by molar-refractivity contribution is 7.99. The first-order valence-corrected chi connectivity index (χ1v) is 8.57. The molecule has 1 aromatic rings. The number of hydrogen-bond acceptors (Lipinski definition) is 4. The van der Waals surface area contributed by atoms with Crippen LogP contribution in [0.4, 0.5) is 0 Å². The van der Waals surface area contributed by atoms with Gasteiger partial charge in [-0.1, -0.05) is 6.92 Å². The van der Waals surface area contributed by atoms with Gasteiger partial charge in [0.2, 0.25) is 5.91 Å². The molecule has 0 aliphatic heterocycles. The van der Waals surface area contributed by atoms with Crippen molar-refractivity contribution in [3.63, 3.8) is 0 Å². The van der Waals surface area contributed by atoms with Crippen molar-refractivity contribution in [1.82, 2.24) is 15.1 Å². The number of nitrogens with one attached hydrogen (secondary N) is 1. The Morgan fingerprint density at radius 1 is 1.67 bits per heavy atom. The van der Waals surface area contributed by atoms with Crippen LogP contribution in [0.5, 0.6) is 0 Å². The molecule has 0 bridgehead atoms. The molecule has 6 heteroatoms. The highest BCUT2D eigenvalue weighted by atomic mass is 32.2. The Morgan fingerprint density at radius 3 is 3.00 bits per heavy atom. The Bertz CT molecular complexity index is 502. The number of carbonyl (C=O) groups is 1. The third-order valence-corrected chi connectivity index (χ3v) is 5.50. The molecule has 0 spiro atoms. The maximum Gasteiger partial charge on any atom is 0.237 e. The number of aromatic nitrogens is 2. The van der Waals surface area contributed by atoms with Crippen molar-refractivity contribution in [2.24, 2.45) is 12.8 Å². The van der Waals surface area contributed by atoms with E-state index in [0.717, 1.165) is 49.4 Å². The average Bonchev–Trinajstić information content (AvgIpc) is 2.75. The summed E-state index contributed by atoms with van der Waals surface area (Å²) in [5, 5.41) is 9.36. The standard InChI is InChI=1S/C15H26N4OS/c1-4-8-17-15(14(16)20)7-5-6-12(10-15)21-13-9-11(2)18-19(13)3/h9,12,17H,4-8,10H2,1-3H3,(H2,16,20). The molecule has 1 aliphatic carbocycles. The summed E-state index contributed by atoms with van der Waals surface area (Å²) in [4.78, 5) is 12.0. The van der Waals surface area contributed by atoms with E-state index in [1.807, 2.05) is 30.4 Å². The van der Waals surface area contributed by atoms with Crippen LogP contribution in [0.2, 0.25) is 0 Å². The smallest absolute Gasteiger partial charge is 0.237 e. The van der Waals surface area contributed by atoms with Gasteiger partial charge in [-0.2, -0.15) is 5.10 Å². The fraction of sp³-hybridized carbons (Fsp3) is 0.733. The van der Waals surface area contributed by atoms with Crippen LogP contribution >= 0.6 is 11.8 Å². The molecule has 1 heterocycles. The van der Waals surface area contributed by atoms with Crippen molar-refractivity contribution in [2.45, 2.75) is 61.8 Å². The third-order valence-electron chi connectivity index (χ3n) is 4.14. The van der Waals surface area contributed by atoms with Crippen molar-refractivity contribution in [3.05, 3.63) is 11.8 Å². The first kappa shape index (κ1) is 16.4. The van der Waals surface area contributed by atoms with Gasteiger partial charge in [-0.25, -0.2) is 0 Å². The summed E-state index contributed by atoms with van der Waals surface area (Å²) >= 11 is 1.82. The van der Waals surface area contributed by atoms with Crippen LogP contribution in [0.3, 0.4) is 0 Å². The lowest BCUT2D eigenvalue weighted by atomic mass is 9.80. The van der Waals surface area contributed by atoms with Crippen molar-refractivity contribution in [2.75, 3.05) is 6.54 Å². The van der Waals surface area contributed by atoms with E-state index >= 15 is 0 Å². The zero-order valence-corrected chi connectivity index (χ0v) is 14.0. The van der Waals surface area contributed by atoms with Crippen LogP contribution in [0.25, 0.3) is 0 Å². The molecule has 0 radical (unpaired) electrons. The van der Waals surface area contributed by atoms with Gasteiger partial charge < -0.3 is 11.1 Å². The fourth-order valence-electron chi connectivity index (χ4n) is 3.03. The molecule has 1 aliphatic rings. The van der Waals surface area contributed by atoms with Gasteiger partial charge in [-0.3, -0.25) is 9.48 Å². The number of thioether (sulfide) groups is 1. The van der Waals surface area contributed by atoms with E-state index in [0.29, 0.717) is 5.25 Å².